The zero-order valence-electron chi connectivity index (χ0n) is 13.4. The summed E-state index contributed by atoms with van der Waals surface area (Å²) in [6.07, 6.45) is 6.22. The summed E-state index contributed by atoms with van der Waals surface area (Å²) in [5.74, 6) is 1.34. The number of para-hydroxylation sites is 1. The van der Waals surface area contributed by atoms with Crippen LogP contribution < -0.4 is 5.32 Å². The van der Waals surface area contributed by atoms with Crippen molar-refractivity contribution in [3.05, 3.63) is 29.8 Å². The first-order chi connectivity index (χ1) is 10.1. The van der Waals surface area contributed by atoms with E-state index in [0.29, 0.717) is 11.6 Å². The van der Waals surface area contributed by atoms with Crippen molar-refractivity contribution in [1.29, 1.82) is 0 Å². The van der Waals surface area contributed by atoms with Gasteiger partial charge in [0.2, 0.25) is 0 Å². The van der Waals surface area contributed by atoms with Crippen molar-refractivity contribution in [1.82, 2.24) is 0 Å². The zero-order chi connectivity index (χ0) is 15.2. The molecule has 0 bridgehead atoms. The largest absolute Gasteiger partial charge is 0.465 e. The van der Waals surface area contributed by atoms with E-state index in [2.05, 4.69) is 19.2 Å². The number of methoxy groups -OCH3 is 1. The molecule has 1 aliphatic carbocycles. The van der Waals surface area contributed by atoms with E-state index in [0.717, 1.165) is 17.5 Å². The van der Waals surface area contributed by atoms with Crippen LogP contribution in [0.25, 0.3) is 0 Å². The fourth-order valence-corrected chi connectivity index (χ4v) is 3.26. The SMILES string of the molecule is COC(=O)c1ccccc1NC1CCCC(C(C)C)CC1. The first-order valence-corrected chi connectivity index (χ1v) is 8.05. The molecule has 1 aromatic carbocycles. The summed E-state index contributed by atoms with van der Waals surface area (Å²) in [6.45, 7) is 4.65. The highest BCUT2D eigenvalue weighted by Gasteiger charge is 2.22. The van der Waals surface area contributed by atoms with Crippen LogP contribution in [0, 0.1) is 11.8 Å². The van der Waals surface area contributed by atoms with Gasteiger partial charge in [0.25, 0.3) is 0 Å². The third-order valence-corrected chi connectivity index (χ3v) is 4.65. The van der Waals surface area contributed by atoms with Gasteiger partial charge in [0.05, 0.1) is 12.7 Å². The van der Waals surface area contributed by atoms with Crippen LogP contribution in [0.1, 0.15) is 56.3 Å². The minimum absolute atomic E-state index is 0.272. The fourth-order valence-electron chi connectivity index (χ4n) is 3.26. The number of carbonyl (C=O) groups is 1. The summed E-state index contributed by atoms with van der Waals surface area (Å²) in [5.41, 5.74) is 1.53. The standard InChI is InChI=1S/C18H27NO2/c1-13(2)14-7-6-8-15(12-11-14)19-17-10-5-4-9-16(17)18(20)21-3/h4-5,9-10,13-15,19H,6-8,11-12H2,1-3H3. The third kappa shape index (κ3) is 4.23. The Kier molecular flexibility index (Phi) is 5.66. The molecule has 0 saturated heterocycles. The average molecular weight is 289 g/mol. The second kappa shape index (κ2) is 7.48. The van der Waals surface area contributed by atoms with Crippen LogP contribution in [0.4, 0.5) is 5.69 Å². The molecular weight excluding hydrogens is 262 g/mol. The van der Waals surface area contributed by atoms with Crippen molar-refractivity contribution in [2.75, 3.05) is 12.4 Å². The molecule has 3 heteroatoms. The predicted molar refractivity (Wildman–Crippen MR) is 86.6 cm³/mol. The number of hydrogen-bond donors (Lipinski definition) is 1. The molecule has 0 radical (unpaired) electrons. The van der Waals surface area contributed by atoms with Crippen molar-refractivity contribution in [2.24, 2.45) is 11.8 Å². The normalized spacial score (nSPS) is 22.7. The molecule has 116 valence electrons. The zero-order valence-corrected chi connectivity index (χ0v) is 13.4. The Balaban J connectivity index is 2.03. The Morgan fingerprint density at radius 1 is 1.19 bits per heavy atom. The topological polar surface area (TPSA) is 38.3 Å². The van der Waals surface area contributed by atoms with E-state index in [1.807, 2.05) is 24.3 Å². The van der Waals surface area contributed by atoms with Crippen LogP contribution in [0.5, 0.6) is 0 Å². The quantitative estimate of drug-likeness (QED) is 0.655. The first-order valence-electron chi connectivity index (χ1n) is 8.05. The lowest BCUT2D eigenvalue weighted by Gasteiger charge is -2.20. The maximum atomic E-state index is 11.8. The van der Waals surface area contributed by atoms with E-state index < -0.39 is 0 Å². The van der Waals surface area contributed by atoms with Crippen LogP contribution >= 0.6 is 0 Å². The van der Waals surface area contributed by atoms with Gasteiger partial charge < -0.3 is 10.1 Å². The predicted octanol–water partition coefficient (Wildman–Crippen LogP) is 4.49. The van der Waals surface area contributed by atoms with Crippen LogP contribution in [0.2, 0.25) is 0 Å². The Labute approximate surface area is 128 Å². The van der Waals surface area contributed by atoms with E-state index in [9.17, 15) is 4.79 Å². The third-order valence-electron chi connectivity index (χ3n) is 4.65. The molecule has 21 heavy (non-hydrogen) atoms. The molecule has 0 heterocycles. The first kappa shape index (κ1) is 15.9. The number of carbonyl (C=O) groups excluding carboxylic acids is 1. The van der Waals surface area contributed by atoms with Gasteiger partial charge in [0.1, 0.15) is 0 Å². The molecule has 2 atom stereocenters. The average Bonchev–Trinajstić information content (AvgIpc) is 2.73. The Hall–Kier alpha value is -1.51. The molecule has 1 aliphatic rings. The van der Waals surface area contributed by atoms with Gasteiger partial charge in [0, 0.05) is 11.7 Å². The molecule has 2 unspecified atom stereocenters. The molecule has 1 fully saturated rings. The molecule has 0 amide bonds. The molecule has 1 N–H and O–H groups in total. The maximum Gasteiger partial charge on any atom is 0.339 e. The van der Waals surface area contributed by atoms with Gasteiger partial charge in [-0.05, 0) is 43.2 Å². The lowest BCUT2D eigenvalue weighted by atomic mass is 9.89. The van der Waals surface area contributed by atoms with E-state index in [1.165, 1.54) is 39.2 Å². The molecule has 1 aromatic rings. The second-order valence-corrected chi connectivity index (χ2v) is 6.39. The number of ether oxygens (including phenoxy) is 1. The van der Waals surface area contributed by atoms with Gasteiger partial charge >= 0.3 is 5.97 Å². The Morgan fingerprint density at radius 3 is 2.67 bits per heavy atom. The number of nitrogens with one attached hydrogen (secondary N) is 1. The highest BCUT2D eigenvalue weighted by molar-refractivity contribution is 5.95. The van der Waals surface area contributed by atoms with Crippen LogP contribution in [-0.4, -0.2) is 19.1 Å². The lowest BCUT2D eigenvalue weighted by Crippen LogP contribution is -2.20. The Bertz CT molecular complexity index is 470. The van der Waals surface area contributed by atoms with Crippen LogP contribution in [-0.2, 0) is 4.74 Å². The van der Waals surface area contributed by atoms with Gasteiger partial charge in [0.15, 0.2) is 0 Å². The van der Waals surface area contributed by atoms with E-state index in [4.69, 9.17) is 4.74 Å². The van der Waals surface area contributed by atoms with Gasteiger partial charge in [-0.1, -0.05) is 38.8 Å². The van der Waals surface area contributed by atoms with Crippen molar-refractivity contribution in [3.63, 3.8) is 0 Å². The molecule has 0 spiro atoms. The van der Waals surface area contributed by atoms with Crippen LogP contribution in [0.15, 0.2) is 24.3 Å². The smallest absolute Gasteiger partial charge is 0.339 e. The molecule has 0 aliphatic heterocycles. The Morgan fingerprint density at radius 2 is 1.95 bits per heavy atom. The lowest BCUT2D eigenvalue weighted by molar-refractivity contribution is 0.0602. The second-order valence-electron chi connectivity index (χ2n) is 6.39. The van der Waals surface area contributed by atoms with Crippen LogP contribution in [0.3, 0.4) is 0 Å². The minimum Gasteiger partial charge on any atom is -0.465 e. The summed E-state index contributed by atoms with van der Waals surface area (Å²) < 4.78 is 4.86. The number of rotatable bonds is 4. The van der Waals surface area contributed by atoms with E-state index in [-0.39, 0.29) is 5.97 Å². The summed E-state index contributed by atoms with van der Waals surface area (Å²) in [5, 5.41) is 3.56. The van der Waals surface area contributed by atoms with Crippen molar-refractivity contribution in [3.8, 4) is 0 Å². The highest BCUT2D eigenvalue weighted by atomic mass is 16.5. The van der Waals surface area contributed by atoms with E-state index in [1.54, 1.807) is 0 Å². The fraction of sp³-hybridized carbons (Fsp3) is 0.611. The van der Waals surface area contributed by atoms with Crippen molar-refractivity contribution in [2.45, 2.75) is 52.0 Å². The summed E-state index contributed by atoms with van der Waals surface area (Å²) in [7, 11) is 1.43. The highest BCUT2D eigenvalue weighted by Crippen LogP contribution is 2.30. The maximum absolute atomic E-state index is 11.8. The number of hydrogen-bond acceptors (Lipinski definition) is 3. The molecule has 3 nitrogen and oxygen atoms in total. The summed E-state index contributed by atoms with van der Waals surface area (Å²) in [4.78, 5) is 11.8. The molecular formula is C18H27NO2. The van der Waals surface area contributed by atoms with Crippen molar-refractivity contribution >= 4 is 11.7 Å². The summed E-state index contributed by atoms with van der Waals surface area (Å²) >= 11 is 0. The molecule has 1 saturated carbocycles. The van der Waals surface area contributed by atoms with Crippen molar-refractivity contribution < 1.29 is 9.53 Å². The monoisotopic (exact) mass is 289 g/mol. The number of anilines is 1. The van der Waals surface area contributed by atoms with E-state index >= 15 is 0 Å². The molecule has 2 rings (SSSR count). The van der Waals surface area contributed by atoms with Gasteiger partial charge in [-0.15, -0.1) is 0 Å². The van der Waals surface area contributed by atoms with Gasteiger partial charge in [-0.2, -0.15) is 0 Å². The van der Waals surface area contributed by atoms with Gasteiger partial charge in [-0.25, -0.2) is 4.79 Å². The summed E-state index contributed by atoms with van der Waals surface area (Å²) in [6, 6.07) is 8.08. The molecule has 0 aromatic heterocycles. The number of esters is 1. The minimum atomic E-state index is -0.272. The van der Waals surface area contributed by atoms with Gasteiger partial charge in [-0.3, -0.25) is 0 Å². The number of benzene rings is 1.